The first-order chi connectivity index (χ1) is 7.00. The average molecular weight is 208 g/mol. The number of carboxylic acids is 1. The molecule has 0 unspecified atom stereocenters. The molecule has 1 aromatic carbocycles. The van der Waals surface area contributed by atoms with Gasteiger partial charge in [-0.05, 0) is 11.1 Å². The Hall–Kier alpha value is -1.72. The van der Waals surface area contributed by atoms with Crippen molar-refractivity contribution in [1.82, 2.24) is 0 Å². The molecular formula is C10H12N2O3. The van der Waals surface area contributed by atoms with E-state index in [1.807, 2.05) is 0 Å². The van der Waals surface area contributed by atoms with E-state index in [1.165, 1.54) is 0 Å². The fourth-order valence-corrected chi connectivity index (χ4v) is 1.12. The van der Waals surface area contributed by atoms with E-state index in [9.17, 15) is 9.59 Å². The minimum atomic E-state index is -1.42. The van der Waals surface area contributed by atoms with E-state index in [2.05, 4.69) is 0 Å². The molecule has 0 saturated carbocycles. The second kappa shape index (κ2) is 4.68. The third kappa shape index (κ3) is 3.16. The highest BCUT2D eigenvalue weighted by molar-refractivity contribution is 6.33. The Morgan fingerprint density at radius 2 is 1.73 bits per heavy atom. The van der Waals surface area contributed by atoms with Gasteiger partial charge in [0.2, 0.25) is 5.78 Å². The molecule has 80 valence electrons. The van der Waals surface area contributed by atoms with Gasteiger partial charge in [0.05, 0.1) is 6.17 Å². The molecule has 0 radical (unpaired) electrons. The Morgan fingerprint density at radius 1 is 1.20 bits per heavy atom. The summed E-state index contributed by atoms with van der Waals surface area (Å²) in [5.74, 6) is -2.26. The van der Waals surface area contributed by atoms with Gasteiger partial charge in [-0.2, -0.15) is 0 Å². The fourth-order valence-electron chi connectivity index (χ4n) is 1.12. The summed E-state index contributed by atoms with van der Waals surface area (Å²) < 4.78 is 0. The molecule has 0 aliphatic heterocycles. The number of carboxylic acid groups (broad SMARTS) is 1. The molecule has 1 aromatic rings. The van der Waals surface area contributed by atoms with Gasteiger partial charge in [0, 0.05) is 6.42 Å². The second-order valence-electron chi connectivity index (χ2n) is 3.17. The number of hydrogen-bond donors (Lipinski definition) is 3. The highest BCUT2D eigenvalue weighted by atomic mass is 16.4. The molecule has 1 rings (SSSR count). The Bertz CT molecular complexity index is 371. The van der Waals surface area contributed by atoms with Gasteiger partial charge in [0.15, 0.2) is 0 Å². The predicted molar refractivity (Wildman–Crippen MR) is 53.9 cm³/mol. The summed E-state index contributed by atoms with van der Waals surface area (Å²) >= 11 is 0. The van der Waals surface area contributed by atoms with Crippen LogP contribution in [-0.2, 0) is 16.0 Å². The third-order valence-electron chi connectivity index (χ3n) is 1.97. The number of rotatable bonds is 4. The van der Waals surface area contributed by atoms with E-state index in [4.69, 9.17) is 16.6 Å². The number of nitrogens with two attached hydrogens (primary N) is 2. The maximum atomic E-state index is 10.9. The van der Waals surface area contributed by atoms with Crippen molar-refractivity contribution in [3.8, 4) is 0 Å². The fraction of sp³-hybridized carbons (Fsp3) is 0.200. The van der Waals surface area contributed by atoms with Gasteiger partial charge in [-0.15, -0.1) is 0 Å². The van der Waals surface area contributed by atoms with Crippen molar-refractivity contribution in [3.05, 3.63) is 35.4 Å². The van der Waals surface area contributed by atoms with E-state index in [0.29, 0.717) is 5.56 Å². The molecule has 0 bridgehead atoms. The molecule has 0 saturated heterocycles. The molecule has 5 N–H and O–H groups in total. The SMILES string of the molecule is NC(N)c1ccc(CC(=O)C(=O)O)cc1. The normalized spacial score (nSPS) is 10.3. The van der Waals surface area contributed by atoms with Crippen LogP contribution in [0, 0.1) is 0 Å². The zero-order valence-corrected chi connectivity index (χ0v) is 8.01. The number of Topliss-reactive ketones (excluding diaryl/α,β-unsaturated/α-hetero) is 1. The van der Waals surface area contributed by atoms with Crippen LogP contribution in [0.3, 0.4) is 0 Å². The minimum absolute atomic E-state index is 0.116. The van der Waals surface area contributed by atoms with Gasteiger partial charge in [-0.1, -0.05) is 24.3 Å². The number of aliphatic carboxylic acids is 1. The molecule has 0 aromatic heterocycles. The molecule has 0 spiro atoms. The largest absolute Gasteiger partial charge is 0.475 e. The molecule has 15 heavy (non-hydrogen) atoms. The van der Waals surface area contributed by atoms with Crippen LogP contribution >= 0.6 is 0 Å². The van der Waals surface area contributed by atoms with Crippen molar-refractivity contribution in [2.24, 2.45) is 11.5 Å². The smallest absolute Gasteiger partial charge is 0.372 e. The van der Waals surface area contributed by atoms with Crippen LogP contribution in [-0.4, -0.2) is 16.9 Å². The average Bonchev–Trinajstić information content (AvgIpc) is 2.18. The van der Waals surface area contributed by atoms with Gasteiger partial charge in [0.25, 0.3) is 0 Å². The Morgan fingerprint density at radius 3 is 2.13 bits per heavy atom. The standard InChI is InChI=1S/C10H12N2O3/c11-9(12)7-3-1-6(2-4-7)5-8(13)10(14)15/h1-4,9H,5,11-12H2,(H,14,15). The molecule has 5 heteroatoms. The van der Waals surface area contributed by atoms with E-state index >= 15 is 0 Å². The number of benzene rings is 1. The molecule has 5 nitrogen and oxygen atoms in total. The highest BCUT2D eigenvalue weighted by Crippen LogP contribution is 2.08. The van der Waals surface area contributed by atoms with Gasteiger partial charge >= 0.3 is 5.97 Å². The van der Waals surface area contributed by atoms with Crippen molar-refractivity contribution in [3.63, 3.8) is 0 Å². The first-order valence-corrected chi connectivity index (χ1v) is 4.37. The van der Waals surface area contributed by atoms with Crippen LogP contribution in [0.1, 0.15) is 17.3 Å². The monoisotopic (exact) mass is 208 g/mol. The number of carbonyl (C=O) groups is 2. The number of carbonyl (C=O) groups excluding carboxylic acids is 1. The number of hydrogen-bond acceptors (Lipinski definition) is 4. The predicted octanol–water partition coefficient (Wildman–Crippen LogP) is -0.201. The summed E-state index contributed by atoms with van der Waals surface area (Å²) in [5.41, 5.74) is 12.2. The lowest BCUT2D eigenvalue weighted by Crippen LogP contribution is -2.20. The topological polar surface area (TPSA) is 106 Å². The minimum Gasteiger partial charge on any atom is -0.475 e. The van der Waals surface area contributed by atoms with E-state index in [1.54, 1.807) is 24.3 Å². The molecule has 0 aliphatic rings. The van der Waals surface area contributed by atoms with E-state index in [0.717, 1.165) is 5.56 Å². The Labute approximate surface area is 86.7 Å². The number of ketones is 1. The van der Waals surface area contributed by atoms with Crippen LogP contribution < -0.4 is 11.5 Å². The summed E-state index contributed by atoms with van der Waals surface area (Å²) in [6.45, 7) is 0. The van der Waals surface area contributed by atoms with Gasteiger partial charge < -0.3 is 16.6 Å². The lowest BCUT2D eigenvalue weighted by atomic mass is 10.1. The van der Waals surface area contributed by atoms with Crippen molar-refractivity contribution in [1.29, 1.82) is 0 Å². The maximum absolute atomic E-state index is 10.9. The van der Waals surface area contributed by atoms with Crippen molar-refractivity contribution in [2.45, 2.75) is 12.6 Å². The van der Waals surface area contributed by atoms with Crippen LogP contribution in [0.15, 0.2) is 24.3 Å². The quantitative estimate of drug-likeness (QED) is 0.469. The van der Waals surface area contributed by atoms with Crippen LogP contribution in [0.5, 0.6) is 0 Å². The zero-order valence-electron chi connectivity index (χ0n) is 8.01. The molecular weight excluding hydrogens is 196 g/mol. The Kier molecular flexibility index (Phi) is 3.54. The van der Waals surface area contributed by atoms with Gasteiger partial charge in [0.1, 0.15) is 0 Å². The molecule has 0 heterocycles. The maximum Gasteiger partial charge on any atom is 0.372 e. The highest BCUT2D eigenvalue weighted by Gasteiger charge is 2.11. The Balaban J connectivity index is 2.73. The van der Waals surface area contributed by atoms with Crippen LogP contribution in [0.25, 0.3) is 0 Å². The summed E-state index contributed by atoms with van der Waals surface area (Å²) in [6.07, 6.45) is -0.677. The summed E-state index contributed by atoms with van der Waals surface area (Å²) in [4.78, 5) is 21.2. The second-order valence-corrected chi connectivity index (χ2v) is 3.17. The molecule has 0 amide bonds. The first-order valence-electron chi connectivity index (χ1n) is 4.37. The van der Waals surface area contributed by atoms with E-state index in [-0.39, 0.29) is 6.42 Å². The summed E-state index contributed by atoms with van der Waals surface area (Å²) in [7, 11) is 0. The van der Waals surface area contributed by atoms with Crippen LogP contribution in [0.2, 0.25) is 0 Å². The van der Waals surface area contributed by atoms with Gasteiger partial charge in [-0.3, -0.25) is 4.79 Å². The van der Waals surface area contributed by atoms with Crippen molar-refractivity contribution < 1.29 is 14.7 Å². The summed E-state index contributed by atoms with van der Waals surface area (Å²) in [6, 6.07) is 6.63. The molecule has 0 fully saturated rings. The van der Waals surface area contributed by atoms with E-state index < -0.39 is 17.9 Å². The molecule has 0 atom stereocenters. The summed E-state index contributed by atoms with van der Waals surface area (Å²) in [5, 5.41) is 8.40. The zero-order chi connectivity index (χ0) is 11.4. The van der Waals surface area contributed by atoms with Crippen molar-refractivity contribution in [2.75, 3.05) is 0 Å². The van der Waals surface area contributed by atoms with Gasteiger partial charge in [-0.25, -0.2) is 4.79 Å². The molecule has 0 aliphatic carbocycles. The third-order valence-corrected chi connectivity index (χ3v) is 1.97. The lowest BCUT2D eigenvalue weighted by molar-refractivity contribution is -0.148. The van der Waals surface area contributed by atoms with Crippen LogP contribution in [0.4, 0.5) is 0 Å². The first kappa shape index (κ1) is 11.4. The lowest BCUT2D eigenvalue weighted by Gasteiger charge is -2.05. The van der Waals surface area contributed by atoms with Crippen molar-refractivity contribution >= 4 is 11.8 Å².